The maximum absolute atomic E-state index is 14.0. The third-order valence-electron chi connectivity index (χ3n) is 6.15. The molecule has 1 saturated heterocycles. The number of hydrogen-bond acceptors (Lipinski definition) is 5. The minimum Gasteiger partial charge on any atom is -0.349 e. The van der Waals surface area contributed by atoms with Crippen LogP contribution in [0.15, 0.2) is 48.0 Å². The van der Waals surface area contributed by atoms with Crippen molar-refractivity contribution in [3.8, 4) is 11.1 Å². The molecule has 2 fully saturated rings. The minimum absolute atomic E-state index is 0.0169. The van der Waals surface area contributed by atoms with E-state index in [1.54, 1.807) is 5.51 Å². The van der Waals surface area contributed by atoms with E-state index in [4.69, 9.17) is 0 Å². The molecule has 1 aliphatic heterocycles. The third-order valence-corrected chi connectivity index (χ3v) is 7.14. The first-order valence-corrected chi connectivity index (χ1v) is 11.8. The van der Waals surface area contributed by atoms with Gasteiger partial charge in [0.05, 0.1) is 23.3 Å². The van der Waals surface area contributed by atoms with Crippen LogP contribution in [0.3, 0.4) is 0 Å². The molecule has 7 nitrogen and oxygen atoms in total. The highest BCUT2D eigenvalue weighted by atomic mass is 32.1. The molecule has 2 aliphatic rings. The molecule has 2 heterocycles. The number of benzene rings is 2. The Kier molecular flexibility index (Phi) is 5.78. The number of nitrogens with zero attached hydrogens (tertiary/aromatic N) is 1. The Morgan fingerprint density at radius 1 is 1.14 bits per heavy atom. The summed E-state index contributed by atoms with van der Waals surface area (Å²) in [5, 5.41) is 7.40. The number of alkyl halides is 3. The average Bonchev–Trinajstić information content (AvgIpc) is 3.48. The maximum atomic E-state index is 14.0. The molecule has 12 heteroatoms. The molecule has 186 valence electrons. The van der Waals surface area contributed by atoms with Gasteiger partial charge in [-0.15, -0.1) is 11.3 Å². The van der Waals surface area contributed by atoms with E-state index in [0.717, 1.165) is 54.1 Å². The van der Waals surface area contributed by atoms with Crippen molar-refractivity contribution < 1.29 is 31.9 Å². The number of amides is 4. The van der Waals surface area contributed by atoms with Crippen molar-refractivity contribution in [1.82, 2.24) is 20.9 Å². The summed E-state index contributed by atoms with van der Waals surface area (Å²) in [5.41, 5.74) is -0.315. The Bertz CT molecular complexity index is 1370. The van der Waals surface area contributed by atoms with Gasteiger partial charge in [-0.1, -0.05) is 12.1 Å². The molecule has 0 spiro atoms. The molecule has 1 aliphatic carbocycles. The first-order valence-electron chi connectivity index (χ1n) is 10.9. The van der Waals surface area contributed by atoms with Crippen LogP contribution in [0.5, 0.6) is 0 Å². The van der Waals surface area contributed by atoms with Gasteiger partial charge in [0.25, 0.3) is 11.8 Å². The van der Waals surface area contributed by atoms with E-state index in [2.05, 4.69) is 20.9 Å². The number of thiazole rings is 1. The van der Waals surface area contributed by atoms with Crippen LogP contribution in [-0.4, -0.2) is 29.4 Å². The summed E-state index contributed by atoms with van der Waals surface area (Å²) in [6.45, 7) is -0.337. The smallest absolute Gasteiger partial charge is 0.349 e. The molecule has 1 atom stereocenters. The van der Waals surface area contributed by atoms with Gasteiger partial charge in [-0.05, 0) is 60.2 Å². The fraction of sp³-hybridized carbons (Fsp3) is 0.250. The number of halogens is 4. The van der Waals surface area contributed by atoms with Crippen LogP contribution in [0.2, 0.25) is 0 Å². The minimum atomic E-state index is -4.55. The van der Waals surface area contributed by atoms with Gasteiger partial charge < -0.3 is 10.6 Å². The zero-order chi connectivity index (χ0) is 25.7. The lowest BCUT2D eigenvalue weighted by Gasteiger charge is -2.26. The first-order chi connectivity index (χ1) is 17.1. The highest BCUT2D eigenvalue weighted by molar-refractivity contribution is 7.09. The van der Waals surface area contributed by atoms with E-state index in [9.17, 15) is 31.9 Å². The van der Waals surface area contributed by atoms with E-state index < -0.39 is 40.9 Å². The number of imide groups is 1. The van der Waals surface area contributed by atoms with Crippen molar-refractivity contribution in [3.63, 3.8) is 0 Å². The Morgan fingerprint density at radius 2 is 1.86 bits per heavy atom. The van der Waals surface area contributed by atoms with Gasteiger partial charge in [0, 0.05) is 10.4 Å². The molecular weight excluding hydrogens is 500 g/mol. The summed E-state index contributed by atoms with van der Waals surface area (Å²) < 4.78 is 52.9. The van der Waals surface area contributed by atoms with Gasteiger partial charge in [0.1, 0.15) is 5.82 Å². The van der Waals surface area contributed by atoms with Gasteiger partial charge in [0.15, 0.2) is 5.54 Å². The summed E-state index contributed by atoms with van der Waals surface area (Å²) in [5.74, 6) is -1.82. The van der Waals surface area contributed by atoms with Crippen LogP contribution in [0.1, 0.15) is 45.3 Å². The van der Waals surface area contributed by atoms with Crippen molar-refractivity contribution in [2.24, 2.45) is 0 Å². The van der Waals surface area contributed by atoms with Gasteiger partial charge in [0.2, 0.25) is 0 Å². The number of aromatic nitrogens is 1. The largest absolute Gasteiger partial charge is 0.416 e. The second kappa shape index (κ2) is 8.70. The van der Waals surface area contributed by atoms with Crippen molar-refractivity contribution in [3.05, 3.63) is 75.5 Å². The summed E-state index contributed by atoms with van der Waals surface area (Å²) in [4.78, 5) is 43.3. The van der Waals surface area contributed by atoms with Crippen molar-refractivity contribution in [1.29, 1.82) is 0 Å². The topological polar surface area (TPSA) is 100 Å². The summed E-state index contributed by atoms with van der Waals surface area (Å²) >= 11 is 1.37. The van der Waals surface area contributed by atoms with Gasteiger partial charge in [-0.3, -0.25) is 14.9 Å². The molecule has 0 bridgehead atoms. The van der Waals surface area contributed by atoms with E-state index in [1.165, 1.54) is 17.4 Å². The van der Waals surface area contributed by atoms with Crippen LogP contribution in [0.4, 0.5) is 22.4 Å². The van der Waals surface area contributed by atoms with E-state index >= 15 is 0 Å². The van der Waals surface area contributed by atoms with Crippen LogP contribution < -0.4 is 16.0 Å². The average molecular weight is 518 g/mol. The Labute approximate surface area is 205 Å². The lowest BCUT2D eigenvalue weighted by molar-refractivity contribution is -0.137. The third kappa shape index (κ3) is 4.32. The number of rotatable bonds is 6. The van der Waals surface area contributed by atoms with Crippen LogP contribution >= 0.6 is 11.3 Å². The molecule has 2 aromatic carbocycles. The Hall–Kier alpha value is -3.80. The molecule has 1 unspecified atom stereocenters. The standard InChI is InChI=1S/C24H18F4N4O3S/c25-15-7-8-16(17(9-15)12-3-5-14(6-4-12)24(26,27)28)20(33)29-10-23(21(34)31-22(35)32-23)19-18(13-1-2-13)36-11-30-19/h3-9,11,13H,1-2,10H2,(H,29,33)(H2,31,32,34,35). The highest BCUT2D eigenvalue weighted by Gasteiger charge is 2.52. The first kappa shape index (κ1) is 23.9. The number of carbonyl (C=O) groups is 3. The summed E-state index contributed by atoms with van der Waals surface area (Å²) in [6, 6.07) is 6.56. The number of urea groups is 1. The molecule has 1 saturated carbocycles. The quantitative estimate of drug-likeness (QED) is 0.335. The van der Waals surface area contributed by atoms with Crippen molar-refractivity contribution in [2.75, 3.05) is 6.54 Å². The van der Waals surface area contributed by atoms with Crippen LogP contribution in [-0.2, 0) is 16.5 Å². The van der Waals surface area contributed by atoms with Crippen molar-refractivity contribution in [2.45, 2.75) is 30.5 Å². The fourth-order valence-corrected chi connectivity index (χ4v) is 5.22. The normalized spacial score (nSPS) is 19.7. The van der Waals surface area contributed by atoms with Crippen molar-refractivity contribution >= 4 is 29.2 Å². The molecule has 4 amide bonds. The molecule has 36 heavy (non-hydrogen) atoms. The zero-order valence-electron chi connectivity index (χ0n) is 18.4. The second-order valence-electron chi connectivity index (χ2n) is 8.60. The highest BCUT2D eigenvalue weighted by Crippen LogP contribution is 2.46. The van der Waals surface area contributed by atoms with Gasteiger partial charge in [-0.25, -0.2) is 14.2 Å². The zero-order valence-corrected chi connectivity index (χ0v) is 19.2. The predicted octanol–water partition coefficient (Wildman–Crippen LogP) is 4.31. The van der Waals surface area contributed by atoms with Gasteiger partial charge in [-0.2, -0.15) is 13.2 Å². The van der Waals surface area contributed by atoms with Gasteiger partial charge >= 0.3 is 12.2 Å². The Balaban J connectivity index is 1.45. The monoisotopic (exact) mass is 518 g/mol. The van der Waals surface area contributed by atoms with E-state index in [1.807, 2.05) is 0 Å². The number of nitrogens with one attached hydrogen (secondary N) is 3. The predicted molar refractivity (Wildman–Crippen MR) is 122 cm³/mol. The molecule has 0 radical (unpaired) electrons. The molecular formula is C24H18F4N4O3S. The SMILES string of the molecule is O=C1NC(=O)C(CNC(=O)c2ccc(F)cc2-c2ccc(C(F)(F)F)cc2)(c2ncsc2C2CC2)N1. The summed E-state index contributed by atoms with van der Waals surface area (Å²) in [7, 11) is 0. The van der Waals surface area contributed by atoms with E-state index in [-0.39, 0.29) is 29.2 Å². The lowest BCUT2D eigenvalue weighted by atomic mass is 9.92. The maximum Gasteiger partial charge on any atom is 0.416 e. The molecule has 3 aromatic rings. The number of hydrogen-bond donors (Lipinski definition) is 3. The number of carbonyl (C=O) groups excluding carboxylic acids is 3. The Morgan fingerprint density at radius 3 is 2.47 bits per heavy atom. The molecule has 3 N–H and O–H groups in total. The molecule has 5 rings (SSSR count). The lowest BCUT2D eigenvalue weighted by Crippen LogP contribution is -2.53. The molecule has 1 aromatic heterocycles. The second-order valence-corrected chi connectivity index (χ2v) is 9.49. The van der Waals surface area contributed by atoms with Crippen LogP contribution in [0, 0.1) is 5.82 Å². The van der Waals surface area contributed by atoms with Crippen LogP contribution in [0.25, 0.3) is 11.1 Å². The summed E-state index contributed by atoms with van der Waals surface area (Å²) in [6.07, 6.45) is -2.69. The van der Waals surface area contributed by atoms with E-state index in [0.29, 0.717) is 5.69 Å². The fourth-order valence-electron chi connectivity index (χ4n) is 4.18.